The molecule has 158 valence electrons. The molecule has 3 N–H and O–H groups in total. The van der Waals surface area contributed by atoms with Gasteiger partial charge in [0.15, 0.2) is 0 Å². The molecule has 0 aliphatic carbocycles. The van der Waals surface area contributed by atoms with E-state index in [0.717, 1.165) is 0 Å². The van der Waals surface area contributed by atoms with Crippen LogP contribution in [-0.4, -0.2) is 38.1 Å². The lowest BCUT2D eigenvalue weighted by Crippen LogP contribution is -2.34. The van der Waals surface area contributed by atoms with Crippen LogP contribution in [0, 0.1) is 0 Å². The minimum absolute atomic E-state index is 0.228. The van der Waals surface area contributed by atoms with E-state index < -0.39 is 35.8 Å². The van der Waals surface area contributed by atoms with Crippen molar-refractivity contribution in [2.45, 2.75) is 63.6 Å². The summed E-state index contributed by atoms with van der Waals surface area (Å²) < 4.78 is 7.16. The van der Waals surface area contributed by atoms with Crippen LogP contribution in [0.5, 0.6) is 0 Å². The van der Waals surface area contributed by atoms with Gasteiger partial charge in [0.1, 0.15) is 6.23 Å². The van der Waals surface area contributed by atoms with Crippen molar-refractivity contribution in [3.63, 3.8) is 0 Å². The molecular formula is C20H24Cl2N2O5. The van der Waals surface area contributed by atoms with E-state index in [9.17, 15) is 19.8 Å². The molecule has 29 heavy (non-hydrogen) atoms. The van der Waals surface area contributed by atoms with E-state index >= 15 is 0 Å². The average Bonchev–Trinajstić information content (AvgIpc) is 3.03. The molecule has 9 heteroatoms. The Balaban J connectivity index is 1.62. The number of aliphatic hydroxyl groups excluding tert-OH is 2. The monoisotopic (exact) mass is 442 g/mol. The number of aromatic nitrogens is 2. The quantitative estimate of drug-likeness (QED) is 0.610. The van der Waals surface area contributed by atoms with Gasteiger partial charge >= 0.3 is 5.69 Å². The number of hydrogen-bond donors (Lipinski definition) is 3. The molecule has 0 bridgehead atoms. The molecule has 2 aromatic rings. The first-order valence-electron chi connectivity index (χ1n) is 9.59. The Kier molecular flexibility index (Phi) is 7.19. The molecule has 1 aromatic heterocycles. The van der Waals surface area contributed by atoms with Gasteiger partial charge in [-0.25, -0.2) is 4.79 Å². The minimum Gasteiger partial charge on any atom is -0.393 e. The maximum absolute atomic E-state index is 12.1. The Labute approximate surface area is 177 Å². The summed E-state index contributed by atoms with van der Waals surface area (Å²) in [5.74, 6) is 0. The number of nitrogens with one attached hydrogen (secondary N) is 1. The summed E-state index contributed by atoms with van der Waals surface area (Å²) in [6, 6.07) is 5.18. The molecular weight excluding hydrogens is 419 g/mol. The molecule has 1 aliphatic rings. The maximum Gasteiger partial charge on any atom is 0.330 e. The highest BCUT2D eigenvalue weighted by Crippen LogP contribution is 2.31. The van der Waals surface area contributed by atoms with E-state index in [0.29, 0.717) is 46.9 Å². The van der Waals surface area contributed by atoms with Crippen LogP contribution in [0.3, 0.4) is 0 Å². The Morgan fingerprint density at radius 3 is 2.66 bits per heavy atom. The fourth-order valence-corrected chi connectivity index (χ4v) is 4.11. The van der Waals surface area contributed by atoms with Gasteiger partial charge in [-0.2, -0.15) is 0 Å². The summed E-state index contributed by atoms with van der Waals surface area (Å²) in [5.41, 5.74) is 0.169. The third-order valence-corrected chi connectivity index (χ3v) is 5.93. The largest absolute Gasteiger partial charge is 0.393 e. The average molecular weight is 443 g/mol. The highest BCUT2D eigenvalue weighted by atomic mass is 35.5. The second-order valence-corrected chi connectivity index (χ2v) is 8.06. The first-order chi connectivity index (χ1) is 13.8. The van der Waals surface area contributed by atoms with E-state index in [1.54, 1.807) is 18.2 Å². The van der Waals surface area contributed by atoms with Crippen LogP contribution in [0.4, 0.5) is 0 Å². The third kappa shape index (κ3) is 5.10. The van der Waals surface area contributed by atoms with Crippen LogP contribution in [0.2, 0.25) is 10.0 Å². The van der Waals surface area contributed by atoms with Gasteiger partial charge in [0, 0.05) is 34.6 Å². The Hall–Kier alpha value is -1.64. The van der Waals surface area contributed by atoms with Crippen molar-refractivity contribution in [2.75, 3.05) is 0 Å². The van der Waals surface area contributed by atoms with Gasteiger partial charge in [0.05, 0.1) is 18.3 Å². The number of nitrogens with zero attached hydrogens (tertiary/aromatic N) is 1. The maximum atomic E-state index is 12.1. The van der Waals surface area contributed by atoms with Crippen molar-refractivity contribution in [2.24, 2.45) is 0 Å². The number of aromatic amines is 1. The minimum atomic E-state index is -0.778. The molecule has 1 aromatic carbocycles. The predicted octanol–water partition coefficient (Wildman–Crippen LogP) is 2.44. The molecule has 3 rings (SSSR count). The first-order valence-corrected chi connectivity index (χ1v) is 10.3. The standard InChI is InChI=1S/C20H24Cl2N2O5/c1-2-11-10-24(20(28)23-19(11)27)18-9-16(26)17(29-18)7-6-12(25)8-13-14(21)4-3-5-15(13)22/h3-5,10,12,16-18,25-26H,2,6-9H2,1H3,(H,23,27,28)/t12?,16-,17+,18+/m0/s1. The number of hydrogen-bond acceptors (Lipinski definition) is 5. The van der Waals surface area contributed by atoms with Gasteiger partial charge in [0.2, 0.25) is 0 Å². The number of aryl methyl sites for hydroxylation is 1. The number of rotatable bonds is 7. The Morgan fingerprint density at radius 2 is 2.00 bits per heavy atom. The van der Waals surface area contributed by atoms with E-state index in [4.69, 9.17) is 27.9 Å². The van der Waals surface area contributed by atoms with Gasteiger partial charge in [-0.15, -0.1) is 0 Å². The summed E-state index contributed by atoms with van der Waals surface area (Å²) in [7, 11) is 0. The zero-order valence-electron chi connectivity index (χ0n) is 16.0. The van der Waals surface area contributed by atoms with Crippen LogP contribution in [0.15, 0.2) is 34.0 Å². The van der Waals surface area contributed by atoms with Crippen molar-refractivity contribution >= 4 is 23.2 Å². The molecule has 1 saturated heterocycles. The van der Waals surface area contributed by atoms with Crippen molar-refractivity contribution in [3.05, 3.63) is 66.4 Å². The van der Waals surface area contributed by atoms with Gasteiger partial charge in [0.25, 0.3) is 5.56 Å². The van der Waals surface area contributed by atoms with Gasteiger partial charge in [-0.3, -0.25) is 14.3 Å². The van der Waals surface area contributed by atoms with Gasteiger partial charge in [-0.05, 0) is 37.0 Å². The summed E-state index contributed by atoms with van der Waals surface area (Å²) in [6.45, 7) is 1.82. The second-order valence-electron chi connectivity index (χ2n) is 7.24. The Bertz CT molecular complexity index is 954. The van der Waals surface area contributed by atoms with E-state index in [1.807, 2.05) is 6.92 Å². The molecule has 4 atom stereocenters. The van der Waals surface area contributed by atoms with Crippen molar-refractivity contribution in [1.82, 2.24) is 9.55 Å². The van der Waals surface area contributed by atoms with Crippen molar-refractivity contribution in [1.29, 1.82) is 0 Å². The summed E-state index contributed by atoms with van der Waals surface area (Å²) >= 11 is 12.3. The van der Waals surface area contributed by atoms with Crippen LogP contribution in [0.1, 0.15) is 43.5 Å². The molecule has 0 spiro atoms. The third-order valence-electron chi connectivity index (χ3n) is 5.22. The lowest BCUT2D eigenvalue weighted by Gasteiger charge is -2.18. The first kappa shape index (κ1) is 22.1. The molecule has 1 fully saturated rings. The van der Waals surface area contributed by atoms with Crippen LogP contribution in [-0.2, 0) is 17.6 Å². The number of aliphatic hydroxyl groups is 2. The highest BCUT2D eigenvalue weighted by molar-refractivity contribution is 6.35. The predicted molar refractivity (Wildman–Crippen MR) is 111 cm³/mol. The van der Waals surface area contributed by atoms with Crippen LogP contribution >= 0.6 is 23.2 Å². The van der Waals surface area contributed by atoms with Crippen molar-refractivity contribution < 1.29 is 14.9 Å². The fraction of sp³-hybridized carbons (Fsp3) is 0.500. The topological polar surface area (TPSA) is 105 Å². The molecule has 0 amide bonds. The van der Waals surface area contributed by atoms with Crippen molar-refractivity contribution in [3.8, 4) is 0 Å². The number of halogens is 2. The van der Waals surface area contributed by atoms with Crippen LogP contribution in [0.25, 0.3) is 0 Å². The van der Waals surface area contributed by atoms with Gasteiger partial charge < -0.3 is 14.9 Å². The summed E-state index contributed by atoms with van der Waals surface area (Å²) in [6.07, 6.45) is 0.581. The molecule has 1 unspecified atom stereocenters. The zero-order chi connectivity index (χ0) is 21.1. The number of H-pyrrole nitrogens is 1. The molecule has 2 heterocycles. The second kappa shape index (κ2) is 9.45. The zero-order valence-corrected chi connectivity index (χ0v) is 17.5. The van der Waals surface area contributed by atoms with Gasteiger partial charge in [-0.1, -0.05) is 36.2 Å². The summed E-state index contributed by atoms with van der Waals surface area (Å²) in [5, 5.41) is 21.7. The number of benzene rings is 1. The lowest BCUT2D eigenvalue weighted by atomic mass is 10.0. The molecule has 7 nitrogen and oxygen atoms in total. The molecule has 0 radical (unpaired) electrons. The molecule has 0 saturated carbocycles. The van der Waals surface area contributed by atoms with Crippen LogP contribution < -0.4 is 11.2 Å². The highest BCUT2D eigenvalue weighted by Gasteiger charge is 2.35. The van der Waals surface area contributed by atoms with E-state index in [-0.39, 0.29) is 6.42 Å². The lowest BCUT2D eigenvalue weighted by molar-refractivity contribution is -0.0301. The fourth-order valence-electron chi connectivity index (χ4n) is 3.56. The van der Waals surface area contributed by atoms with E-state index in [2.05, 4.69) is 4.98 Å². The van der Waals surface area contributed by atoms with E-state index in [1.165, 1.54) is 10.8 Å². The number of ether oxygens (including phenoxy) is 1. The SMILES string of the molecule is CCc1cn([C@H]2C[C@H](O)[C@@H](CCC(O)Cc3c(Cl)cccc3Cl)O2)c(=O)[nH]c1=O. The summed E-state index contributed by atoms with van der Waals surface area (Å²) in [4.78, 5) is 26.1. The Morgan fingerprint density at radius 1 is 1.31 bits per heavy atom. The smallest absolute Gasteiger partial charge is 0.330 e. The molecule has 1 aliphatic heterocycles. The normalized spacial score (nSPS) is 22.7.